The van der Waals surface area contributed by atoms with Gasteiger partial charge in [-0.3, -0.25) is 0 Å². The van der Waals surface area contributed by atoms with Crippen molar-refractivity contribution in [3.8, 4) is 11.5 Å². The number of para-hydroxylation sites is 2. The molecule has 1 aliphatic heterocycles. The third kappa shape index (κ3) is 3.61. The fraction of sp³-hybridized carbons (Fsp3) is 0.600. The van der Waals surface area contributed by atoms with E-state index < -0.39 is 0 Å². The molecule has 2 rings (SSSR count). The second kappa shape index (κ2) is 6.78. The van der Waals surface area contributed by atoms with Crippen molar-refractivity contribution in [3.05, 3.63) is 24.3 Å². The number of benzene rings is 1. The van der Waals surface area contributed by atoms with Crippen molar-refractivity contribution in [1.29, 1.82) is 0 Å². The Balaban J connectivity index is 2.00. The van der Waals surface area contributed by atoms with Gasteiger partial charge in [0.25, 0.3) is 0 Å². The van der Waals surface area contributed by atoms with Crippen LogP contribution in [0.2, 0.25) is 0 Å². The number of hydrogen-bond acceptors (Lipinski definition) is 4. The first-order chi connectivity index (χ1) is 9.29. The predicted octanol–water partition coefficient (Wildman–Crippen LogP) is 2.23. The second-order valence-corrected chi connectivity index (χ2v) is 4.73. The van der Waals surface area contributed by atoms with Gasteiger partial charge in [0.2, 0.25) is 0 Å². The van der Waals surface area contributed by atoms with Gasteiger partial charge in [-0.05, 0) is 25.5 Å². The van der Waals surface area contributed by atoms with Crippen LogP contribution in [0.3, 0.4) is 0 Å². The van der Waals surface area contributed by atoms with Crippen LogP contribution >= 0.6 is 0 Å². The van der Waals surface area contributed by atoms with E-state index in [0.717, 1.165) is 37.6 Å². The van der Waals surface area contributed by atoms with Crippen LogP contribution in [0, 0.1) is 0 Å². The lowest BCUT2D eigenvalue weighted by molar-refractivity contribution is -0.0924. The first-order valence-electron chi connectivity index (χ1n) is 6.99. The number of hydrogen-bond donors (Lipinski definition) is 1. The molecule has 0 amide bonds. The summed E-state index contributed by atoms with van der Waals surface area (Å²) in [7, 11) is 0. The maximum atomic E-state index is 5.93. The van der Waals surface area contributed by atoms with Gasteiger partial charge in [0.05, 0.1) is 13.2 Å². The van der Waals surface area contributed by atoms with Gasteiger partial charge in [-0.25, -0.2) is 0 Å². The fourth-order valence-corrected chi connectivity index (χ4v) is 2.18. The Kier molecular flexibility index (Phi) is 5.05. The largest absolute Gasteiger partial charge is 0.490 e. The molecule has 1 N–H and O–H groups in total. The summed E-state index contributed by atoms with van der Waals surface area (Å²) >= 11 is 0. The van der Waals surface area contributed by atoms with Crippen LogP contribution in [-0.4, -0.2) is 38.5 Å². The van der Waals surface area contributed by atoms with E-state index in [-0.39, 0.29) is 5.60 Å². The molecule has 0 radical (unpaired) electrons. The maximum absolute atomic E-state index is 5.93. The third-order valence-electron chi connectivity index (χ3n) is 3.42. The highest BCUT2D eigenvalue weighted by atomic mass is 16.6. The van der Waals surface area contributed by atoms with Crippen molar-refractivity contribution in [1.82, 2.24) is 5.32 Å². The molecule has 1 saturated heterocycles. The van der Waals surface area contributed by atoms with Gasteiger partial charge in [-0.15, -0.1) is 0 Å². The quantitative estimate of drug-likeness (QED) is 0.856. The van der Waals surface area contributed by atoms with Crippen molar-refractivity contribution in [2.75, 3.05) is 32.9 Å². The van der Waals surface area contributed by atoms with Gasteiger partial charge >= 0.3 is 0 Å². The van der Waals surface area contributed by atoms with Gasteiger partial charge in [-0.2, -0.15) is 0 Å². The molecule has 0 bridgehead atoms. The molecular formula is C15H23NO3. The smallest absolute Gasteiger partial charge is 0.161 e. The van der Waals surface area contributed by atoms with Gasteiger partial charge in [0.1, 0.15) is 12.2 Å². The Morgan fingerprint density at radius 2 is 1.95 bits per heavy atom. The van der Waals surface area contributed by atoms with E-state index in [2.05, 4.69) is 12.2 Å². The molecule has 1 aromatic carbocycles. The first kappa shape index (κ1) is 14.2. The van der Waals surface area contributed by atoms with Gasteiger partial charge in [-0.1, -0.05) is 19.1 Å². The van der Waals surface area contributed by atoms with Crippen molar-refractivity contribution in [3.63, 3.8) is 0 Å². The third-order valence-corrected chi connectivity index (χ3v) is 3.42. The zero-order chi connectivity index (χ0) is 13.6. The number of nitrogens with one attached hydrogen (secondary N) is 1. The molecule has 4 nitrogen and oxygen atoms in total. The Hall–Kier alpha value is -1.26. The molecule has 1 unspecified atom stereocenters. The highest BCUT2D eigenvalue weighted by molar-refractivity contribution is 5.39. The molecule has 0 aliphatic carbocycles. The predicted molar refractivity (Wildman–Crippen MR) is 74.9 cm³/mol. The topological polar surface area (TPSA) is 39.7 Å². The molecule has 0 aromatic heterocycles. The Bertz CT molecular complexity index is 389. The normalized spacial score (nSPS) is 23.1. The van der Waals surface area contributed by atoms with Crippen LogP contribution in [0.5, 0.6) is 11.5 Å². The molecule has 1 aliphatic rings. The number of morpholine rings is 1. The van der Waals surface area contributed by atoms with Crippen molar-refractivity contribution >= 4 is 0 Å². The van der Waals surface area contributed by atoms with E-state index in [1.807, 2.05) is 31.2 Å². The fourth-order valence-electron chi connectivity index (χ4n) is 2.18. The molecule has 1 heterocycles. The molecule has 1 atom stereocenters. The average Bonchev–Trinajstić information content (AvgIpc) is 2.48. The number of rotatable bonds is 6. The summed E-state index contributed by atoms with van der Waals surface area (Å²) in [4.78, 5) is 0. The summed E-state index contributed by atoms with van der Waals surface area (Å²) < 4.78 is 17.4. The van der Waals surface area contributed by atoms with Crippen LogP contribution in [-0.2, 0) is 4.74 Å². The van der Waals surface area contributed by atoms with E-state index >= 15 is 0 Å². The summed E-state index contributed by atoms with van der Waals surface area (Å²) in [5.41, 5.74) is -0.225. The summed E-state index contributed by atoms with van der Waals surface area (Å²) in [5, 5.41) is 3.37. The maximum Gasteiger partial charge on any atom is 0.161 e. The lowest BCUT2D eigenvalue weighted by atomic mass is 10.0. The van der Waals surface area contributed by atoms with Crippen LogP contribution in [0.15, 0.2) is 24.3 Å². The first-order valence-corrected chi connectivity index (χ1v) is 6.99. The lowest BCUT2D eigenvalue weighted by Gasteiger charge is -2.36. The van der Waals surface area contributed by atoms with E-state index in [1.54, 1.807) is 0 Å². The minimum absolute atomic E-state index is 0.225. The summed E-state index contributed by atoms with van der Waals surface area (Å²) in [6, 6.07) is 7.77. The van der Waals surface area contributed by atoms with E-state index in [1.165, 1.54) is 0 Å². The molecule has 106 valence electrons. The van der Waals surface area contributed by atoms with E-state index in [9.17, 15) is 0 Å². The molecule has 1 aromatic rings. The van der Waals surface area contributed by atoms with Gasteiger partial charge < -0.3 is 19.5 Å². The zero-order valence-corrected chi connectivity index (χ0v) is 11.8. The Morgan fingerprint density at radius 3 is 2.53 bits per heavy atom. The van der Waals surface area contributed by atoms with Crippen LogP contribution < -0.4 is 14.8 Å². The van der Waals surface area contributed by atoms with Crippen molar-refractivity contribution in [2.24, 2.45) is 0 Å². The van der Waals surface area contributed by atoms with E-state index in [4.69, 9.17) is 14.2 Å². The van der Waals surface area contributed by atoms with Crippen LogP contribution in [0.4, 0.5) is 0 Å². The standard InChI is InChI=1S/C15H23NO3/c1-3-15(11-16-9-10-19-15)12-18-14-8-6-5-7-13(14)17-4-2/h5-8,16H,3-4,9-12H2,1-2H3. The van der Waals surface area contributed by atoms with Crippen molar-refractivity contribution in [2.45, 2.75) is 25.9 Å². The lowest BCUT2D eigenvalue weighted by Crippen LogP contribution is -2.53. The zero-order valence-electron chi connectivity index (χ0n) is 11.8. The molecule has 0 spiro atoms. The van der Waals surface area contributed by atoms with Crippen LogP contribution in [0.1, 0.15) is 20.3 Å². The second-order valence-electron chi connectivity index (χ2n) is 4.73. The SMILES string of the molecule is CCOc1ccccc1OCC1(CC)CNCCO1. The minimum Gasteiger partial charge on any atom is -0.490 e. The summed E-state index contributed by atoms with van der Waals surface area (Å²) in [6.45, 7) is 7.77. The molecule has 0 saturated carbocycles. The summed E-state index contributed by atoms with van der Waals surface area (Å²) in [6.07, 6.45) is 0.927. The molecule has 1 fully saturated rings. The van der Waals surface area contributed by atoms with Gasteiger partial charge in [0, 0.05) is 13.1 Å². The Labute approximate surface area is 115 Å². The highest BCUT2D eigenvalue weighted by Gasteiger charge is 2.32. The average molecular weight is 265 g/mol. The molecular weight excluding hydrogens is 242 g/mol. The molecule has 4 heteroatoms. The van der Waals surface area contributed by atoms with E-state index in [0.29, 0.717) is 13.2 Å². The summed E-state index contributed by atoms with van der Waals surface area (Å²) in [5.74, 6) is 1.58. The van der Waals surface area contributed by atoms with Crippen LogP contribution in [0.25, 0.3) is 0 Å². The molecule has 19 heavy (non-hydrogen) atoms. The number of ether oxygens (including phenoxy) is 3. The highest BCUT2D eigenvalue weighted by Crippen LogP contribution is 2.28. The van der Waals surface area contributed by atoms with Gasteiger partial charge in [0.15, 0.2) is 11.5 Å². The minimum atomic E-state index is -0.225. The Morgan fingerprint density at radius 1 is 1.21 bits per heavy atom. The van der Waals surface area contributed by atoms with Crippen molar-refractivity contribution < 1.29 is 14.2 Å². The monoisotopic (exact) mass is 265 g/mol.